The summed E-state index contributed by atoms with van der Waals surface area (Å²) in [7, 11) is 2.00. The molecule has 5 nitrogen and oxygen atoms in total. The van der Waals surface area contributed by atoms with E-state index in [2.05, 4.69) is 27.9 Å². The van der Waals surface area contributed by atoms with Gasteiger partial charge in [0.2, 0.25) is 5.95 Å². The molecular formula is C18H13N5S. The van der Waals surface area contributed by atoms with Crippen molar-refractivity contribution in [3.8, 4) is 17.2 Å². The van der Waals surface area contributed by atoms with Gasteiger partial charge in [-0.2, -0.15) is 16.3 Å². The molecule has 0 amide bonds. The average Bonchev–Trinajstić information content (AvgIpc) is 3.34. The maximum atomic E-state index is 4.85. The molecule has 0 atom stereocenters. The van der Waals surface area contributed by atoms with E-state index in [0.717, 1.165) is 33.3 Å². The zero-order chi connectivity index (χ0) is 16.1. The summed E-state index contributed by atoms with van der Waals surface area (Å²) >= 11 is 1.67. The number of benzene rings is 1. The molecule has 0 N–H and O–H groups in total. The Hall–Kier alpha value is -2.99. The number of imidazole rings is 1. The molecule has 5 aromatic rings. The summed E-state index contributed by atoms with van der Waals surface area (Å²) in [6, 6.07) is 12.2. The maximum Gasteiger partial charge on any atom is 0.238 e. The molecule has 0 spiro atoms. The molecule has 0 fully saturated rings. The van der Waals surface area contributed by atoms with Gasteiger partial charge < -0.3 is 4.57 Å². The van der Waals surface area contributed by atoms with Crippen molar-refractivity contribution >= 4 is 33.4 Å². The van der Waals surface area contributed by atoms with E-state index >= 15 is 0 Å². The Kier molecular flexibility index (Phi) is 2.80. The van der Waals surface area contributed by atoms with Gasteiger partial charge in [0, 0.05) is 29.6 Å². The highest BCUT2D eigenvalue weighted by molar-refractivity contribution is 7.08. The van der Waals surface area contributed by atoms with E-state index in [4.69, 9.17) is 9.97 Å². The van der Waals surface area contributed by atoms with E-state index in [1.54, 1.807) is 17.7 Å². The zero-order valence-electron chi connectivity index (χ0n) is 12.9. The molecule has 0 saturated carbocycles. The molecule has 0 radical (unpaired) electrons. The second-order valence-electron chi connectivity index (χ2n) is 5.65. The summed E-state index contributed by atoms with van der Waals surface area (Å²) in [5, 5.41) is 5.24. The van der Waals surface area contributed by atoms with Crippen molar-refractivity contribution in [1.82, 2.24) is 24.1 Å². The quantitative estimate of drug-likeness (QED) is 0.490. The normalized spacial score (nSPS) is 11.5. The van der Waals surface area contributed by atoms with Gasteiger partial charge in [-0.25, -0.2) is 9.97 Å². The van der Waals surface area contributed by atoms with Crippen LogP contribution in [0.25, 0.3) is 39.3 Å². The first-order chi connectivity index (χ1) is 11.8. The predicted molar refractivity (Wildman–Crippen MR) is 96.5 cm³/mol. The van der Waals surface area contributed by atoms with Crippen LogP contribution >= 0.6 is 11.3 Å². The molecule has 24 heavy (non-hydrogen) atoms. The fraction of sp³-hybridized carbons (Fsp3) is 0.0556. The minimum atomic E-state index is 0.638. The van der Waals surface area contributed by atoms with Gasteiger partial charge in [-0.05, 0) is 29.6 Å². The standard InChI is InChI=1S/C18H13N5S/c1-22-8-6-13-16(12-7-9-24-10-12)20-18(21-17(13)22)23-11-19-14-4-2-3-5-15(14)23/h2-11H,1H3. The monoisotopic (exact) mass is 331 g/mol. The Balaban J connectivity index is 1.85. The lowest BCUT2D eigenvalue weighted by molar-refractivity contribution is 0.913. The van der Waals surface area contributed by atoms with Crippen LogP contribution in [0.15, 0.2) is 59.7 Å². The van der Waals surface area contributed by atoms with Gasteiger partial charge in [0.1, 0.15) is 12.0 Å². The Morgan fingerprint density at radius 3 is 2.83 bits per heavy atom. The van der Waals surface area contributed by atoms with Crippen LogP contribution in [-0.2, 0) is 7.05 Å². The number of para-hydroxylation sites is 2. The summed E-state index contributed by atoms with van der Waals surface area (Å²) in [4.78, 5) is 14.1. The van der Waals surface area contributed by atoms with Crippen LogP contribution in [0.3, 0.4) is 0 Å². The lowest BCUT2D eigenvalue weighted by atomic mass is 10.2. The van der Waals surface area contributed by atoms with Gasteiger partial charge in [-0.15, -0.1) is 0 Å². The topological polar surface area (TPSA) is 48.5 Å². The van der Waals surface area contributed by atoms with E-state index in [1.807, 2.05) is 46.6 Å². The minimum Gasteiger partial charge on any atom is -0.335 e. The molecular weight excluding hydrogens is 318 g/mol. The number of aryl methyl sites for hydroxylation is 1. The first-order valence-electron chi connectivity index (χ1n) is 7.59. The lowest BCUT2D eigenvalue weighted by Crippen LogP contribution is -2.03. The van der Waals surface area contributed by atoms with Crippen molar-refractivity contribution in [2.24, 2.45) is 7.05 Å². The van der Waals surface area contributed by atoms with Gasteiger partial charge in [0.25, 0.3) is 0 Å². The largest absolute Gasteiger partial charge is 0.335 e. The summed E-state index contributed by atoms with van der Waals surface area (Å²) < 4.78 is 3.97. The van der Waals surface area contributed by atoms with Gasteiger partial charge in [-0.1, -0.05) is 12.1 Å². The zero-order valence-corrected chi connectivity index (χ0v) is 13.7. The third-order valence-electron chi connectivity index (χ3n) is 4.18. The molecule has 4 aromatic heterocycles. The van der Waals surface area contributed by atoms with E-state index in [-0.39, 0.29) is 0 Å². The number of hydrogen-bond donors (Lipinski definition) is 0. The van der Waals surface area contributed by atoms with Crippen LogP contribution in [0.1, 0.15) is 0 Å². The number of aromatic nitrogens is 5. The molecule has 0 aliphatic rings. The van der Waals surface area contributed by atoms with E-state index in [1.165, 1.54) is 0 Å². The van der Waals surface area contributed by atoms with Gasteiger partial charge in [0.05, 0.1) is 16.7 Å². The van der Waals surface area contributed by atoms with E-state index in [0.29, 0.717) is 5.95 Å². The molecule has 5 rings (SSSR count). The smallest absolute Gasteiger partial charge is 0.238 e. The van der Waals surface area contributed by atoms with Gasteiger partial charge >= 0.3 is 0 Å². The fourth-order valence-corrected chi connectivity index (χ4v) is 3.61. The Morgan fingerprint density at radius 1 is 1.04 bits per heavy atom. The number of nitrogens with zero attached hydrogens (tertiary/aromatic N) is 5. The van der Waals surface area contributed by atoms with Crippen LogP contribution in [0.4, 0.5) is 0 Å². The van der Waals surface area contributed by atoms with Crippen LogP contribution in [0.2, 0.25) is 0 Å². The van der Waals surface area contributed by atoms with Crippen LogP contribution in [0.5, 0.6) is 0 Å². The fourth-order valence-electron chi connectivity index (χ4n) is 2.97. The Labute approximate surface area is 141 Å². The summed E-state index contributed by atoms with van der Waals surface area (Å²) in [6.07, 6.45) is 3.80. The van der Waals surface area contributed by atoms with Crippen LogP contribution in [-0.4, -0.2) is 24.1 Å². The van der Waals surface area contributed by atoms with Crippen molar-refractivity contribution < 1.29 is 0 Å². The second kappa shape index (κ2) is 5.01. The summed E-state index contributed by atoms with van der Waals surface area (Å²) in [5.74, 6) is 0.638. The highest BCUT2D eigenvalue weighted by Crippen LogP contribution is 2.29. The molecule has 1 aromatic carbocycles. The highest BCUT2D eigenvalue weighted by Gasteiger charge is 2.15. The summed E-state index contributed by atoms with van der Waals surface area (Å²) in [5.41, 5.74) is 4.92. The molecule has 116 valence electrons. The van der Waals surface area contributed by atoms with Crippen molar-refractivity contribution in [2.45, 2.75) is 0 Å². The van der Waals surface area contributed by atoms with Crippen LogP contribution < -0.4 is 0 Å². The molecule has 0 saturated heterocycles. The minimum absolute atomic E-state index is 0.638. The highest BCUT2D eigenvalue weighted by atomic mass is 32.1. The predicted octanol–water partition coefficient (Wildman–Crippen LogP) is 4.04. The lowest BCUT2D eigenvalue weighted by Gasteiger charge is -2.07. The number of rotatable bonds is 2. The molecule has 0 aliphatic carbocycles. The molecule has 6 heteroatoms. The maximum absolute atomic E-state index is 4.85. The van der Waals surface area contributed by atoms with Crippen molar-refractivity contribution in [3.63, 3.8) is 0 Å². The number of fused-ring (bicyclic) bond motifs is 2. The van der Waals surface area contributed by atoms with E-state index in [9.17, 15) is 0 Å². The van der Waals surface area contributed by atoms with E-state index < -0.39 is 0 Å². The third kappa shape index (κ3) is 1.90. The SMILES string of the molecule is Cn1ccc2c(-c3ccsc3)nc(-n3cnc4ccccc43)nc21. The molecule has 0 aliphatic heterocycles. The van der Waals surface area contributed by atoms with Crippen molar-refractivity contribution in [2.75, 3.05) is 0 Å². The summed E-state index contributed by atoms with van der Waals surface area (Å²) in [6.45, 7) is 0. The van der Waals surface area contributed by atoms with Gasteiger partial charge in [-0.3, -0.25) is 4.57 Å². The molecule has 0 unspecified atom stereocenters. The third-order valence-corrected chi connectivity index (χ3v) is 4.86. The van der Waals surface area contributed by atoms with Crippen molar-refractivity contribution in [1.29, 1.82) is 0 Å². The molecule has 0 bridgehead atoms. The molecule has 4 heterocycles. The number of thiophene rings is 1. The second-order valence-corrected chi connectivity index (χ2v) is 6.43. The Morgan fingerprint density at radius 2 is 1.96 bits per heavy atom. The number of hydrogen-bond acceptors (Lipinski definition) is 4. The average molecular weight is 331 g/mol. The van der Waals surface area contributed by atoms with Gasteiger partial charge in [0.15, 0.2) is 0 Å². The Bertz CT molecular complexity index is 1170. The first-order valence-corrected chi connectivity index (χ1v) is 8.53. The van der Waals surface area contributed by atoms with Crippen LogP contribution in [0, 0.1) is 0 Å². The first kappa shape index (κ1) is 13.4. The van der Waals surface area contributed by atoms with Crippen molar-refractivity contribution in [3.05, 3.63) is 59.7 Å².